The highest BCUT2D eigenvalue weighted by atomic mass is 32.2. The summed E-state index contributed by atoms with van der Waals surface area (Å²) < 4.78 is 33.9. The second-order valence-corrected chi connectivity index (χ2v) is 9.94. The average molecular weight is 443 g/mol. The smallest absolute Gasteiger partial charge is 0.274 e. The molecule has 2 heterocycles. The lowest BCUT2D eigenvalue weighted by Crippen LogP contribution is -2.49. The second-order valence-electron chi connectivity index (χ2n) is 6.95. The van der Waals surface area contributed by atoms with Crippen molar-refractivity contribution in [1.82, 2.24) is 0 Å². The Morgan fingerprint density at radius 1 is 1.10 bits per heavy atom. The molecule has 156 valence electrons. The zero-order valence-corrected chi connectivity index (χ0v) is 18.3. The fraction of sp³-hybridized carbons (Fsp3) is 0.227. The zero-order valence-electron chi connectivity index (χ0n) is 16.7. The lowest BCUT2D eigenvalue weighted by molar-refractivity contribution is -0.119. The number of amides is 1. The van der Waals surface area contributed by atoms with Crippen LogP contribution in [0.15, 0.2) is 70.3 Å². The van der Waals surface area contributed by atoms with E-state index in [4.69, 9.17) is 4.74 Å². The number of sulfonamides is 1. The first-order chi connectivity index (χ1) is 14.4. The van der Waals surface area contributed by atoms with Crippen molar-refractivity contribution in [3.05, 3.63) is 71.6 Å². The van der Waals surface area contributed by atoms with E-state index in [0.29, 0.717) is 18.0 Å². The highest BCUT2D eigenvalue weighted by molar-refractivity contribution is 7.94. The van der Waals surface area contributed by atoms with Crippen molar-refractivity contribution in [3.63, 3.8) is 0 Å². The number of carbonyl (C=O) groups is 1. The van der Waals surface area contributed by atoms with Crippen LogP contribution >= 0.6 is 11.3 Å². The van der Waals surface area contributed by atoms with Crippen LogP contribution in [-0.2, 0) is 21.2 Å². The summed E-state index contributed by atoms with van der Waals surface area (Å²) in [5.41, 5.74) is 2.26. The van der Waals surface area contributed by atoms with Gasteiger partial charge in [0.2, 0.25) is 0 Å². The molecule has 3 aromatic rings. The molecule has 6 nitrogen and oxygen atoms in total. The third-order valence-electron chi connectivity index (χ3n) is 5.19. The molecule has 1 aliphatic heterocycles. The van der Waals surface area contributed by atoms with Crippen molar-refractivity contribution in [2.75, 3.05) is 22.9 Å². The van der Waals surface area contributed by atoms with Crippen LogP contribution in [-0.4, -0.2) is 34.0 Å². The molecule has 30 heavy (non-hydrogen) atoms. The van der Waals surface area contributed by atoms with Crippen LogP contribution in [0.4, 0.5) is 11.4 Å². The number of nitrogens with zero attached hydrogens (tertiary/aromatic N) is 2. The molecule has 0 radical (unpaired) electrons. The summed E-state index contributed by atoms with van der Waals surface area (Å²) in [5, 5.41) is 1.70. The SMILES string of the molecule is COc1ccccc1N(C(C)C(=O)N1CCc2ccccc21)S(=O)(=O)c1cccs1. The second kappa shape index (κ2) is 8.12. The van der Waals surface area contributed by atoms with E-state index < -0.39 is 16.1 Å². The van der Waals surface area contributed by atoms with Gasteiger partial charge in [-0.05, 0) is 48.6 Å². The minimum Gasteiger partial charge on any atom is -0.495 e. The van der Waals surface area contributed by atoms with Crippen molar-refractivity contribution in [1.29, 1.82) is 0 Å². The maximum atomic E-state index is 13.6. The molecular formula is C22H22N2O4S2. The number of fused-ring (bicyclic) bond motifs is 1. The Hall–Kier alpha value is -2.84. The zero-order chi connectivity index (χ0) is 21.3. The first kappa shape index (κ1) is 20.4. The van der Waals surface area contributed by atoms with Gasteiger partial charge < -0.3 is 9.64 Å². The molecule has 4 rings (SSSR count). The fourth-order valence-electron chi connectivity index (χ4n) is 3.76. The minimum absolute atomic E-state index is 0.176. The van der Waals surface area contributed by atoms with Crippen LogP contribution in [0.3, 0.4) is 0 Å². The van der Waals surface area contributed by atoms with Gasteiger partial charge in [-0.2, -0.15) is 0 Å². The summed E-state index contributed by atoms with van der Waals surface area (Å²) in [6.45, 7) is 2.15. The predicted octanol–water partition coefficient (Wildman–Crippen LogP) is 3.93. The maximum absolute atomic E-state index is 13.6. The van der Waals surface area contributed by atoms with E-state index in [1.54, 1.807) is 53.6 Å². The number of anilines is 2. The number of carbonyl (C=O) groups excluding carboxylic acids is 1. The van der Waals surface area contributed by atoms with Crippen molar-refractivity contribution in [3.8, 4) is 5.75 Å². The van der Waals surface area contributed by atoms with Crippen LogP contribution in [0.5, 0.6) is 5.75 Å². The number of hydrogen-bond donors (Lipinski definition) is 0. The molecule has 0 aliphatic carbocycles. The van der Waals surface area contributed by atoms with Crippen LogP contribution in [0.25, 0.3) is 0 Å². The van der Waals surface area contributed by atoms with E-state index in [-0.39, 0.29) is 10.1 Å². The van der Waals surface area contributed by atoms with Crippen LogP contribution in [0.2, 0.25) is 0 Å². The van der Waals surface area contributed by atoms with E-state index in [1.165, 1.54) is 11.4 Å². The van der Waals surface area contributed by atoms with Gasteiger partial charge in [-0.15, -0.1) is 11.3 Å². The number of para-hydroxylation sites is 3. The summed E-state index contributed by atoms with van der Waals surface area (Å²) in [6, 6.07) is 16.8. The van der Waals surface area contributed by atoms with Crippen molar-refractivity contribution < 1.29 is 17.9 Å². The fourth-order valence-corrected chi connectivity index (χ4v) is 6.46. The van der Waals surface area contributed by atoms with E-state index in [9.17, 15) is 13.2 Å². The molecule has 0 saturated heterocycles. The Kier molecular flexibility index (Phi) is 5.53. The number of benzene rings is 2. The van der Waals surface area contributed by atoms with Crippen LogP contribution < -0.4 is 13.9 Å². The Labute approximate surface area is 180 Å². The quantitative estimate of drug-likeness (QED) is 0.580. The van der Waals surface area contributed by atoms with Gasteiger partial charge in [0.25, 0.3) is 15.9 Å². The molecule has 1 aliphatic rings. The van der Waals surface area contributed by atoms with Gasteiger partial charge in [0.15, 0.2) is 0 Å². The number of hydrogen-bond acceptors (Lipinski definition) is 5. The summed E-state index contributed by atoms with van der Waals surface area (Å²) >= 11 is 1.12. The first-order valence-electron chi connectivity index (χ1n) is 9.55. The number of thiophene rings is 1. The average Bonchev–Trinajstić information content (AvgIpc) is 3.44. The predicted molar refractivity (Wildman–Crippen MR) is 119 cm³/mol. The van der Waals surface area contributed by atoms with Gasteiger partial charge >= 0.3 is 0 Å². The molecule has 1 atom stereocenters. The van der Waals surface area contributed by atoms with Gasteiger partial charge in [-0.3, -0.25) is 4.79 Å². The summed E-state index contributed by atoms with van der Waals surface area (Å²) in [6.07, 6.45) is 0.751. The Morgan fingerprint density at radius 3 is 2.57 bits per heavy atom. The van der Waals surface area contributed by atoms with Gasteiger partial charge in [-0.25, -0.2) is 12.7 Å². The van der Waals surface area contributed by atoms with Crippen LogP contribution in [0, 0.1) is 0 Å². The largest absolute Gasteiger partial charge is 0.495 e. The Morgan fingerprint density at radius 2 is 1.83 bits per heavy atom. The van der Waals surface area contributed by atoms with Crippen molar-refractivity contribution in [2.24, 2.45) is 0 Å². The van der Waals surface area contributed by atoms with Crippen molar-refractivity contribution >= 4 is 38.6 Å². The molecule has 1 amide bonds. The Bertz CT molecular complexity index is 1160. The first-order valence-corrected chi connectivity index (χ1v) is 11.9. The van der Waals surface area contributed by atoms with E-state index in [2.05, 4.69) is 0 Å². The summed E-state index contributed by atoms with van der Waals surface area (Å²) in [7, 11) is -2.49. The number of ether oxygens (including phenoxy) is 1. The molecule has 8 heteroatoms. The standard InChI is InChI=1S/C22H22N2O4S2/c1-16(22(25)23-14-13-17-8-3-4-9-18(17)23)24(19-10-5-6-11-20(19)28-2)30(26,27)21-12-7-15-29-21/h3-12,15-16H,13-14H2,1-2H3. The molecule has 1 aromatic heterocycles. The highest BCUT2D eigenvalue weighted by Crippen LogP contribution is 2.36. The molecule has 1 unspecified atom stereocenters. The lowest BCUT2D eigenvalue weighted by atomic mass is 10.2. The van der Waals surface area contributed by atoms with Gasteiger partial charge in [-0.1, -0.05) is 36.4 Å². The molecule has 2 aromatic carbocycles. The molecule has 0 saturated carbocycles. The lowest BCUT2D eigenvalue weighted by Gasteiger charge is -2.32. The normalized spacial score (nSPS) is 14.3. The monoisotopic (exact) mass is 442 g/mol. The minimum atomic E-state index is -3.97. The van der Waals surface area contributed by atoms with E-state index >= 15 is 0 Å². The third-order valence-corrected chi connectivity index (χ3v) is 8.45. The Balaban J connectivity index is 1.79. The topological polar surface area (TPSA) is 66.9 Å². The molecule has 0 fully saturated rings. The van der Waals surface area contributed by atoms with Crippen molar-refractivity contribution in [2.45, 2.75) is 23.6 Å². The van der Waals surface area contributed by atoms with Gasteiger partial charge in [0, 0.05) is 12.2 Å². The number of methoxy groups -OCH3 is 1. The molecule has 0 spiro atoms. The van der Waals surface area contributed by atoms with E-state index in [1.807, 2.05) is 24.3 Å². The molecule has 0 bridgehead atoms. The molecule has 0 N–H and O–H groups in total. The van der Waals surface area contributed by atoms with E-state index in [0.717, 1.165) is 29.0 Å². The maximum Gasteiger partial charge on any atom is 0.274 e. The summed E-state index contributed by atoms with van der Waals surface area (Å²) in [4.78, 5) is 15.2. The number of rotatable bonds is 6. The summed E-state index contributed by atoms with van der Waals surface area (Å²) in [5.74, 6) is 0.116. The highest BCUT2D eigenvalue weighted by Gasteiger charge is 2.39. The molecular weight excluding hydrogens is 420 g/mol. The third kappa shape index (κ3) is 3.46. The van der Waals surface area contributed by atoms with Gasteiger partial charge in [0.05, 0.1) is 12.8 Å². The van der Waals surface area contributed by atoms with Crippen LogP contribution in [0.1, 0.15) is 12.5 Å². The van der Waals surface area contributed by atoms with Gasteiger partial charge in [0.1, 0.15) is 16.0 Å².